The smallest absolute Gasteiger partial charge is 0.372 e. The number of aryl methyl sites for hydroxylation is 1. The van der Waals surface area contributed by atoms with Crippen LogP contribution in [0.5, 0.6) is 0 Å². The maximum absolute atomic E-state index is 13.2. The van der Waals surface area contributed by atoms with Crippen LogP contribution in [-0.2, 0) is 21.2 Å². The first-order chi connectivity index (χ1) is 14.5. The number of ether oxygens (including phenoxy) is 1. The minimum atomic E-state index is -4.41. The van der Waals surface area contributed by atoms with Crippen molar-refractivity contribution >= 4 is 5.91 Å². The molecule has 3 atom stereocenters. The Labute approximate surface area is 181 Å². The number of carbonyl (C=O) groups excluding carboxylic acids is 1. The second kappa shape index (κ2) is 8.63. The normalized spacial score (nSPS) is 25.2. The number of alkyl halides is 3. The molecule has 31 heavy (non-hydrogen) atoms. The van der Waals surface area contributed by atoms with E-state index in [2.05, 4.69) is 5.32 Å². The van der Waals surface area contributed by atoms with Gasteiger partial charge in [0.15, 0.2) is 0 Å². The molecule has 3 N–H and O–H groups in total. The van der Waals surface area contributed by atoms with E-state index >= 15 is 0 Å². The van der Waals surface area contributed by atoms with Crippen LogP contribution in [0.1, 0.15) is 55.0 Å². The predicted octanol–water partition coefficient (Wildman–Crippen LogP) is 4.86. The first kappa shape index (κ1) is 23.3. The number of nitrogens with one attached hydrogen (secondary N) is 1. The second-order valence-corrected chi connectivity index (χ2v) is 8.81. The van der Waals surface area contributed by atoms with Gasteiger partial charge in [-0.25, -0.2) is 0 Å². The fourth-order valence-corrected chi connectivity index (χ4v) is 4.03. The molecule has 2 aromatic carbocycles. The molecule has 7 heteroatoms. The number of rotatable bonds is 6. The number of primary amides is 1. The highest BCUT2D eigenvalue weighted by Crippen LogP contribution is 2.39. The zero-order chi connectivity index (χ0) is 22.9. The van der Waals surface area contributed by atoms with E-state index in [4.69, 9.17) is 10.5 Å². The molecule has 0 bridgehead atoms. The molecule has 1 fully saturated rings. The lowest BCUT2D eigenvalue weighted by Crippen LogP contribution is -2.57. The monoisotopic (exact) mass is 434 g/mol. The maximum atomic E-state index is 13.2. The SMILES string of the molecule is Cc1cc([C@@H](C)OC[C@@]2(c3ccccc3)CC[C@](C)(C(N)=O)CN2)cc(C(F)(F)F)c1. The molecule has 0 saturated carbocycles. The summed E-state index contributed by atoms with van der Waals surface area (Å²) in [5.74, 6) is -0.351. The summed E-state index contributed by atoms with van der Waals surface area (Å²) in [6.45, 7) is 5.89. The van der Waals surface area contributed by atoms with Crippen molar-refractivity contribution in [2.45, 2.75) is 51.4 Å². The van der Waals surface area contributed by atoms with Gasteiger partial charge in [-0.1, -0.05) is 42.0 Å². The Balaban J connectivity index is 1.82. The van der Waals surface area contributed by atoms with Crippen LogP contribution in [0.2, 0.25) is 0 Å². The Hall–Kier alpha value is -2.38. The number of halogens is 3. The maximum Gasteiger partial charge on any atom is 0.416 e. The molecule has 1 aliphatic rings. The highest BCUT2D eigenvalue weighted by atomic mass is 19.4. The third-order valence-electron chi connectivity index (χ3n) is 6.32. The molecule has 0 unspecified atom stereocenters. The van der Waals surface area contributed by atoms with Crippen LogP contribution in [-0.4, -0.2) is 19.1 Å². The highest BCUT2D eigenvalue weighted by Gasteiger charge is 2.44. The molecule has 0 radical (unpaired) electrons. The first-order valence-corrected chi connectivity index (χ1v) is 10.4. The van der Waals surface area contributed by atoms with Gasteiger partial charge in [0, 0.05) is 6.54 Å². The zero-order valence-electron chi connectivity index (χ0n) is 18.1. The quantitative estimate of drug-likeness (QED) is 0.682. The average molecular weight is 435 g/mol. The van der Waals surface area contributed by atoms with Crippen molar-refractivity contribution < 1.29 is 22.7 Å². The van der Waals surface area contributed by atoms with Crippen molar-refractivity contribution in [3.8, 4) is 0 Å². The van der Waals surface area contributed by atoms with Gasteiger partial charge in [0.25, 0.3) is 0 Å². The summed E-state index contributed by atoms with van der Waals surface area (Å²) < 4.78 is 45.8. The van der Waals surface area contributed by atoms with Gasteiger partial charge in [0.2, 0.25) is 5.91 Å². The van der Waals surface area contributed by atoms with Crippen molar-refractivity contribution in [1.29, 1.82) is 0 Å². The molecule has 3 rings (SSSR count). The fraction of sp³-hybridized carbons (Fsp3) is 0.458. The van der Waals surface area contributed by atoms with Crippen LogP contribution >= 0.6 is 0 Å². The van der Waals surface area contributed by atoms with Crippen LogP contribution in [0.15, 0.2) is 48.5 Å². The Morgan fingerprint density at radius 1 is 1.19 bits per heavy atom. The standard InChI is InChI=1S/C24H29F3N2O2/c1-16-11-18(13-20(12-16)24(25,26)27)17(2)31-15-23(19-7-5-4-6-8-19)10-9-22(3,14-29-23)21(28)30/h4-8,11-13,17,29H,9-10,14-15H2,1-3H3,(H2,28,30)/t17-,22+,23-/m1/s1. The summed E-state index contributed by atoms with van der Waals surface area (Å²) in [5.41, 5.74) is 5.73. The summed E-state index contributed by atoms with van der Waals surface area (Å²) in [5, 5.41) is 3.47. The van der Waals surface area contributed by atoms with Crippen LogP contribution in [0, 0.1) is 12.3 Å². The van der Waals surface area contributed by atoms with E-state index in [1.165, 1.54) is 0 Å². The summed E-state index contributed by atoms with van der Waals surface area (Å²) in [6.07, 6.45) is -3.74. The first-order valence-electron chi connectivity index (χ1n) is 10.4. The van der Waals surface area contributed by atoms with Gasteiger partial charge < -0.3 is 15.8 Å². The number of nitrogens with two attached hydrogens (primary N) is 1. The molecule has 4 nitrogen and oxygen atoms in total. The molecule has 0 aliphatic carbocycles. The van der Waals surface area contributed by atoms with Crippen molar-refractivity contribution in [3.63, 3.8) is 0 Å². The van der Waals surface area contributed by atoms with Crippen molar-refractivity contribution in [2.24, 2.45) is 11.1 Å². The molecular formula is C24H29F3N2O2. The summed E-state index contributed by atoms with van der Waals surface area (Å²) >= 11 is 0. The molecule has 0 aromatic heterocycles. The lowest BCUT2D eigenvalue weighted by Gasteiger charge is -2.45. The Morgan fingerprint density at radius 2 is 1.87 bits per heavy atom. The van der Waals surface area contributed by atoms with E-state index in [0.29, 0.717) is 30.5 Å². The molecule has 168 valence electrons. The summed E-state index contributed by atoms with van der Waals surface area (Å²) in [7, 11) is 0. The molecule has 1 amide bonds. The van der Waals surface area contributed by atoms with Gasteiger partial charge in [-0.05, 0) is 56.9 Å². The number of hydrogen-bond donors (Lipinski definition) is 2. The highest BCUT2D eigenvalue weighted by molar-refractivity contribution is 5.80. The van der Waals surface area contributed by atoms with Crippen molar-refractivity contribution in [2.75, 3.05) is 13.2 Å². The van der Waals surface area contributed by atoms with Crippen LogP contribution < -0.4 is 11.1 Å². The van der Waals surface area contributed by atoms with E-state index in [9.17, 15) is 18.0 Å². The Morgan fingerprint density at radius 3 is 2.42 bits per heavy atom. The van der Waals surface area contributed by atoms with Gasteiger partial charge in [-0.3, -0.25) is 4.79 Å². The van der Waals surface area contributed by atoms with Crippen LogP contribution in [0.4, 0.5) is 13.2 Å². The van der Waals surface area contributed by atoms with Gasteiger partial charge >= 0.3 is 6.18 Å². The lowest BCUT2D eigenvalue weighted by molar-refractivity contribution is -0.137. The van der Waals surface area contributed by atoms with E-state index in [0.717, 1.165) is 17.7 Å². The zero-order valence-corrected chi connectivity index (χ0v) is 18.1. The number of benzene rings is 2. The molecular weight excluding hydrogens is 405 g/mol. The van der Waals surface area contributed by atoms with Gasteiger partial charge in [-0.15, -0.1) is 0 Å². The van der Waals surface area contributed by atoms with Crippen LogP contribution in [0.25, 0.3) is 0 Å². The topological polar surface area (TPSA) is 64.3 Å². The Bertz CT molecular complexity index is 920. The van der Waals surface area contributed by atoms with Crippen molar-refractivity contribution in [3.05, 3.63) is 70.8 Å². The van der Waals surface area contributed by atoms with Gasteiger partial charge in [0.05, 0.1) is 29.2 Å². The minimum Gasteiger partial charge on any atom is -0.372 e. The average Bonchev–Trinajstić information content (AvgIpc) is 2.73. The molecule has 2 aromatic rings. The lowest BCUT2D eigenvalue weighted by atomic mass is 9.72. The van der Waals surface area contributed by atoms with Crippen molar-refractivity contribution in [1.82, 2.24) is 5.32 Å². The molecule has 1 saturated heterocycles. The minimum absolute atomic E-state index is 0.252. The van der Waals surface area contributed by atoms with Gasteiger partial charge in [0.1, 0.15) is 0 Å². The Kier molecular flexibility index (Phi) is 6.48. The van der Waals surface area contributed by atoms with Crippen LogP contribution in [0.3, 0.4) is 0 Å². The van der Waals surface area contributed by atoms with E-state index in [1.807, 2.05) is 37.3 Å². The van der Waals surface area contributed by atoms with E-state index < -0.39 is 28.8 Å². The molecule has 1 heterocycles. The largest absolute Gasteiger partial charge is 0.416 e. The van der Waals surface area contributed by atoms with E-state index in [1.54, 1.807) is 19.9 Å². The van der Waals surface area contributed by atoms with Gasteiger partial charge in [-0.2, -0.15) is 13.2 Å². The number of amides is 1. The fourth-order valence-electron chi connectivity index (χ4n) is 4.03. The third kappa shape index (κ3) is 5.10. The summed E-state index contributed by atoms with van der Waals surface area (Å²) in [6, 6.07) is 13.8. The number of carbonyl (C=O) groups is 1. The number of hydrogen-bond acceptors (Lipinski definition) is 3. The summed E-state index contributed by atoms with van der Waals surface area (Å²) in [4.78, 5) is 11.9. The van der Waals surface area contributed by atoms with E-state index in [-0.39, 0.29) is 12.5 Å². The molecule has 1 aliphatic heterocycles. The number of piperidine rings is 1. The third-order valence-corrected chi connectivity index (χ3v) is 6.32. The second-order valence-electron chi connectivity index (χ2n) is 8.81. The predicted molar refractivity (Wildman–Crippen MR) is 113 cm³/mol. The molecule has 0 spiro atoms.